The van der Waals surface area contributed by atoms with E-state index in [2.05, 4.69) is 0 Å². The van der Waals surface area contributed by atoms with E-state index in [1.165, 1.54) is 11.8 Å². The molecular formula is C15H11F3OS. The first-order valence-corrected chi connectivity index (χ1v) is 6.84. The van der Waals surface area contributed by atoms with E-state index in [4.69, 9.17) is 0 Å². The lowest BCUT2D eigenvalue weighted by atomic mass is 10.1. The van der Waals surface area contributed by atoms with E-state index in [9.17, 15) is 18.0 Å². The fourth-order valence-corrected chi connectivity index (χ4v) is 2.57. The van der Waals surface area contributed by atoms with Crippen LogP contribution in [0, 0.1) is 24.4 Å². The molecule has 5 heteroatoms. The van der Waals surface area contributed by atoms with Crippen LogP contribution >= 0.6 is 11.8 Å². The molecule has 0 aromatic heterocycles. The molecule has 0 aliphatic carbocycles. The van der Waals surface area contributed by atoms with Crippen molar-refractivity contribution in [3.05, 3.63) is 65.0 Å². The number of hydrogen-bond acceptors (Lipinski definition) is 2. The molecule has 0 N–H and O–H groups in total. The lowest BCUT2D eigenvalue weighted by Gasteiger charge is -2.05. The highest BCUT2D eigenvalue weighted by atomic mass is 32.2. The molecule has 0 amide bonds. The third-order valence-electron chi connectivity index (χ3n) is 2.70. The van der Waals surface area contributed by atoms with Crippen molar-refractivity contribution < 1.29 is 18.0 Å². The largest absolute Gasteiger partial charge is 0.293 e. The monoisotopic (exact) mass is 296 g/mol. The molecule has 0 saturated heterocycles. The van der Waals surface area contributed by atoms with Gasteiger partial charge in [0, 0.05) is 4.90 Å². The second kappa shape index (κ2) is 6.13. The predicted octanol–water partition coefficient (Wildman–Crippen LogP) is 4.39. The number of benzene rings is 2. The van der Waals surface area contributed by atoms with Gasteiger partial charge in [0.05, 0.1) is 11.3 Å². The molecule has 0 bridgehead atoms. The minimum atomic E-state index is -1.61. The fourth-order valence-electron chi connectivity index (χ4n) is 1.67. The number of thioether (sulfide) groups is 1. The van der Waals surface area contributed by atoms with Crippen molar-refractivity contribution in [2.24, 2.45) is 0 Å². The number of ketones is 1. The molecule has 0 atom stereocenters. The van der Waals surface area contributed by atoms with E-state index in [-0.39, 0.29) is 5.75 Å². The van der Waals surface area contributed by atoms with Crippen LogP contribution in [0.25, 0.3) is 0 Å². The van der Waals surface area contributed by atoms with Gasteiger partial charge in [-0.15, -0.1) is 11.8 Å². The van der Waals surface area contributed by atoms with Crippen molar-refractivity contribution in [1.29, 1.82) is 0 Å². The van der Waals surface area contributed by atoms with Crippen LogP contribution in [0.2, 0.25) is 0 Å². The van der Waals surface area contributed by atoms with Crippen molar-refractivity contribution in [3.63, 3.8) is 0 Å². The zero-order chi connectivity index (χ0) is 14.7. The van der Waals surface area contributed by atoms with Crippen molar-refractivity contribution in [1.82, 2.24) is 0 Å². The van der Waals surface area contributed by atoms with E-state index in [1.807, 2.05) is 31.2 Å². The number of halogens is 3. The first-order valence-electron chi connectivity index (χ1n) is 5.85. The molecule has 20 heavy (non-hydrogen) atoms. The van der Waals surface area contributed by atoms with Gasteiger partial charge >= 0.3 is 0 Å². The van der Waals surface area contributed by atoms with Gasteiger partial charge in [0.15, 0.2) is 23.2 Å². The molecule has 104 valence electrons. The van der Waals surface area contributed by atoms with Crippen LogP contribution in [0.1, 0.15) is 15.9 Å². The van der Waals surface area contributed by atoms with Gasteiger partial charge in [-0.2, -0.15) is 0 Å². The van der Waals surface area contributed by atoms with Gasteiger partial charge in [-0.1, -0.05) is 17.7 Å². The Balaban J connectivity index is 2.11. The Bertz CT molecular complexity index is 656. The standard InChI is InChI=1S/C15H11F3OS/c1-9-3-2-4-10(7-9)20-8-13(19)11-5-6-12(16)15(18)14(11)17/h2-7H,8H2,1H3. The van der Waals surface area contributed by atoms with Crippen LogP contribution in [0.3, 0.4) is 0 Å². The third-order valence-corrected chi connectivity index (χ3v) is 3.69. The van der Waals surface area contributed by atoms with Crippen LogP contribution in [-0.4, -0.2) is 11.5 Å². The smallest absolute Gasteiger partial charge is 0.195 e. The quantitative estimate of drug-likeness (QED) is 0.473. The molecule has 0 spiro atoms. The highest BCUT2D eigenvalue weighted by Crippen LogP contribution is 2.22. The van der Waals surface area contributed by atoms with Crippen LogP contribution in [0.15, 0.2) is 41.3 Å². The molecule has 0 heterocycles. The Kier molecular flexibility index (Phi) is 4.49. The van der Waals surface area contributed by atoms with Crippen molar-refractivity contribution in [2.75, 3.05) is 5.75 Å². The third kappa shape index (κ3) is 3.22. The average Bonchev–Trinajstić information content (AvgIpc) is 2.42. The van der Waals surface area contributed by atoms with Gasteiger partial charge < -0.3 is 0 Å². The fraction of sp³-hybridized carbons (Fsp3) is 0.133. The number of carbonyl (C=O) groups excluding carboxylic acids is 1. The maximum atomic E-state index is 13.5. The van der Waals surface area contributed by atoms with Gasteiger partial charge in [0.1, 0.15) is 0 Å². The maximum Gasteiger partial charge on any atom is 0.195 e. The van der Waals surface area contributed by atoms with Crippen LogP contribution in [0.4, 0.5) is 13.2 Å². The Hall–Kier alpha value is -1.75. The summed E-state index contributed by atoms with van der Waals surface area (Å²) < 4.78 is 39.3. The summed E-state index contributed by atoms with van der Waals surface area (Å²) in [6.45, 7) is 1.92. The van der Waals surface area contributed by atoms with Gasteiger partial charge in [0.2, 0.25) is 0 Å². The van der Waals surface area contributed by atoms with Crippen molar-refractivity contribution in [3.8, 4) is 0 Å². The second-order valence-electron chi connectivity index (χ2n) is 4.25. The molecule has 2 aromatic rings. The highest BCUT2D eigenvalue weighted by molar-refractivity contribution is 8.00. The van der Waals surface area contributed by atoms with Crippen LogP contribution in [0.5, 0.6) is 0 Å². The average molecular weight is 296 g/mol. The number of Topliss-reactive ketones (excluding diaryl/α,β-unsaturated/α-hetero) is 1. The molecule has 0 aliphatic rings. The summed E-state index contributed by atoms with van der Waals surface area (Å²) in [5, 5.41) is 0. The number of rotatable bonds is 4. The Morgan fingerprint density at radius 2 is 1.85 bits per heavy atom. The summed E-state index contributed by atoms with van der Waals surface area (Å²) in [6.07, 6.45) is 0. The van der Waals surface area contributed by atoms with Gasteiger partial charge in [-0.05, 0) is 31.2 Å². The second-order valence-corrected chi connectivity index (χ2v) is 5.30. The van der Waals surface area contributed by atoms with E-state index in [1.54, 1.807) is 0 Å². The predicted molar refractivity (Wildman–Crippen MR) is 72.5 cm³/mol. The summed E-state index contributed by atoms with van der Waals surface area (Å²) in [7, 11) is 0. The zero-order valence-electron chi connectivity index (χ0n) is 10.6. The Morgan fingerprint density at radius 1 is 1.10 bits per heavy atom. The lowest BCUT2D eigenvalue weighted by molar-refractivity contribution is 0.101. The van der Waals surface area contributed by atoms with Gasteiger partial charge in [-0.25, -0.2) is 13.2 Å². The molecule has 2 rings (SSSR count). The SMILES string of the molecule is Cc1cccc(SCC(=O)c2ccc(F)c(F)c2F)c1. The summed E-state index contributed by atoms with van der Waals surface area (Å²) in [5.41, 5.74) is 0.616. The molecule has 0 fully saturated rings. The van der Waals surface area contributed by atoms with Crippen LogP contribution in [-0.2, 0) is 0 Å². The van der Waals surface area contributed by atoms with Gasteiger partial charge in [-0.3, -0.25) is 4.79 Å². The molecule has 2 aromatic carbocycles. The zero-order valence-corrected chi connectivity index (χ0v) is 11.4. The number of carbonyl (C=O) groups is 1. The van der Waals surface area contributed by atoms with Crippen molar-refractivity contribution in [2.45, 2.75) is 11.8 Å². The van der Waals surface area contributed by atoms with E-state index in [0.29, 0.717) is 0 Å². The Labute approximate surface area is 118 Å². The lowest BCUT2D eigenvalue weighted by Crippen LogP contribution is -2.08. The molecule has 0 aliphatic heterocycles. The highest BCUT2D eigenvalue weighted by Gasteiger charge is 2.18. The summed E-state index contributed by atoms with van der Waals surface area (Å²) >= 11 is 1.22. The molecule has 0 unspecified atom stereocenters. The first-order chi connectivity index (χ1) is 9.49. The minimum absolute atomic E-state index is 0.0363. The van der Waals surface area contributed by atoms with Crippen LogP contribution < -0.4 is 0 Å². The molecule has 0 saturated carbocycles. The normalized spacial score (nSPS) is 10.6. The minimum Gasteiger partial charge on any atom is -0.293 e. The molecule has 1 nitrogen and oxygen atoms in total. The topological polar surface area (TPSA) is 17.1 Å². The Morgan fingerprint density at radius 3 is 2.55 bits per heavy atom. The first kappa shape index (κ1) is 14.7. The van der Waals surface area contributed by atoms with E-state index in [0.717, 1.165) is 22.6 Å². The maximum absolute atomic E-state index is 13.5. The molecular weight excluding hydrogens is 285 g/mol. The number of hydrogen-bond donors (Lipinski definition) is 0. The summed E-state index contributed by atoms with van der Waals surface area (Å²) in [6, 6.07) is 9.20. The van der Waals surface area contributed by atoms with E-state index < -0.39 is 28.8 Å². The number of aryl methyl sites for hydroxylation is 1. The van der Waals surface area contributed by atoms with Crippen molar-refractivity contribution >= 4 is 17.5 Å². The summed E-state index contributed by atoms with van der Waals surface area (Å²) in [4.78, 5) is 12.7. The summed E-state index contributed by atoms with van der Waals surface area (Å²) in [5.74, 6) is -4.96. The van der Waals surface area contributed by atoms with E-state index >= 15 is 0 Å². The molecule has 0 radical (unpaired) electrons. The van der Waals surface area contributed by atoms with Gasteiger partial charge in [0.25, 0.3) is 0 Å².